The average molecular weight is 499 g/mol. The van der Waals surface area contributed by atoms with Crippen molar-refractivity contribution in [2.75, 3.05) is 14.2 Å². The molecule has 0 aromatic heterocycles. The number of esters is 1. The fourth-order valence-corrected chi connectivity index (χ4v) is 11.2. The zero-order valence-corrected chi connectivity index (χ0v) is 24.3. The molecule has 202 valence electrons. The molecule has 0 spiro atoms. The van der Waals surface area contributed by atoms with E-state index in [0.29, 0.717) is 29.5 Å². The van der Waals surface area contributed by atoms with E-state index in [-0.39, 0.29) is 45.1 Å². The standard InChI is InChI=1S/C32H50O4/c1-19-12-15-32(27(34)36-9)17-16-30(6)21(25(32)20(19)2)10-11-24-29(5)18-22(35-8)26(33)28(3,4)23(29)13-14-31(24,30)7/h10,19-20,22-25H,11-18H2,1-9H3/t19-,20+,22?,23?,24-,25+,29+,30-,31-,32+/m1/s1. The number of ether oxygens (including phenoxy) is 2. The summed E-state index contributed by atoms with van der Waals surface area (Å²) in [6.07, 6.45) is 10.5. The van der Waals surface area contributed by atoms with Crippen LogP contribution in [-0.2, 0) is 19.1 Å². The monoisotopic (exact) mass is 498 g/mol. The lowest BCUT2D eigenvalue weighted by Crippen LogP contribution is -2.66. The zero-order chi connectivity index (χ0) is 26.5. The Morgan fingerprint density at radius 1 is 0.944 bits per heavy atom. The lowest BCUT2D eigenvalue weighted by Gasteiger charge is -2.71. The molecule has 4 heteroatoms. The second-order valence-electron chi connectivity index (χ2n) is 14.8. The molecule has 0 aliphatic heterocycles. The van der Waals surface area contributed by atoms with Crippen molar-refractivity contribution in [2.24, 2.45) is 56.7 Å². The minimum Gasteiger partial charge on any atom is -0.469 e. The molecule has 4 fully saturated rings. The van der Waals surface area contributed by atoms with E-state index in [1.54, 1.807) is 19.8 Å². The molecule has 0 radical (unpaired) electrons. The maximum atomic E-state index is 13.4. The van der Waals surface area contributed by atoms with E-state index in [0.717, 1.165) is 51.4 Å². The van der Waals surface area contributed by atoms with Crippen molar-refractivity contribution < 1.29 is 19.1 Å². The van der Waals surface area contributed by atoms with Gasteiger partial charge in [0.15, 0.2) is 5.78 Å². The minimum absolute atomic E-state index is 0.0209. The molecule has 4 saturated carbocycles. The molecule has 0 aromatic rings. The smallest absolute Gasteiger partial charge is 0.312 e. The maximum Gasteiger partial charge on any atom is 0.312 e. The number of allylic oxidation sites excluding steroid dienone is 2. The predicted octanol–water partition coefficient (Wildman–Crippen LogP) is 7.01. The summed E-state index contributed by atoms with van der Waals surface area (Å²) in [4.78, 5) is 26.8. The van der Waals surface area contributed by atoms with Crippen molar-refractivity contribution in [1.29, 1.82) is 0 Å². The van der Waals surface area contributed by atoms with Crippen LogP contribution in [0.5, 0.6) is 0 Å². The predicted molar refractivity (Wildman–Crippen MR) is 142 cm³/mol. The van der Waals surface area contributed by atoms with E-state index < -0.39 is 0 Å². The molecule has 2 unspecified atom stereocenters. The molecular weight excluding hydrogens is 448 g/mol. The van der Waals surface area contributed by atoms with Crippen LogP contribution in [-0.4, -0.2) is 32.1 Å². The number of carbonyl (C=O) groups excluding carboxylic acids is 2. The number of carbonyl (C=O) groups is 2. The molecule has 0 N–H and O–H groups in total. The van der Waals surface area contributed by atoms with Gasteiger partial charge in [0.05, 0.1) is 12.5 Å². The van der Waals surface area contributed by atoms with E-state index in [4.69, 9.17) is 9.47 Å². The molecule has 4 nitrogen and oxygen atoms in total. The topological polar surface area (TPSA) is 52.6 Å². The summed E-state index contributed by atoms with van der Waals surface area (Å²) in [6.45, 7) is 16.7. The van der Waals surface area contributed by atoms with E-state index in [1.165, 1.54) is 0 Å². The second kappa shape index (κ2) is 8.17. The zero-order valence-electron chi connectivity index (χ0n) is 24.3. The van der Waals surface area contributed by atoms with Crippen LogP contribution in [0.2, 0.25) is 0 Å². The third-order valence-corrected chi connectivity index (χ3v) is 13.6. The summed E-state index contributed by atoms with van der Waals surface area (Å²) in [7, 11) is 3.29. The van der Waals surface area contributed by atoms with Gasteiger partial charge >= 0.3 is 5.97 Å². The number of Topliss-reactive ketones (excluding diaryl/α,β-unsaturated/α-hetero) is 1. The van der Waals surface area contributed by atoms with Gasteiger partial charge in [0.2, 0.25) is 0 Å². The average Bonchev–Trinajstić information content (AvgIpc) is 2.83. The third-order valence-electron chi connectivity index (χ3n) is 13.6. The highest BCUT2D eigenvalue weighted by molar-refractivity contribution is 5.89. The molecule has 0 aromatic carbocycles. The van der Waals surface area contributed by atoms with Crippen LogP contribution in [0.1, 0.15) is 99.8 Å². The largest absolute Gasteiger partial charge is 0.469 e. The van der Waals surface area contributed by atoms with Gasteiger partial charge in [0.1, 0.15) is 6.10 Å². The summed E-state index contributed by atoms with van der Waals surface area (Å²) < 4.78 is 11.3. The number of rotatable bonds is 2. The first-order valence-electron chi connectivity index (χ1n) is 14.6. The molecule has 36 heavy (non-hydrogen) atoms. The maximum absolute atomic E-state index is 13.4. The Bertz CT molecular complexity index is 981. The van der Waals surface area contributed by atoms with Crippen molar-refractivity contribution in [1.82, 2.24) is 0 Å². The van der Waals surface area contributed by atoms with E-state index in [9.17, 15) is 9.59 Å². The Labute approximate surface area is 219 Å². The van der Waals surface area contributed by atoms with Gasteiger partial charge in [-0.25, -0.2) is 0 Å². The number of hydrogen-bond acceptors (Lipinski definition) is 4. The van der Waals surface area contributed by atoms with Crippen LogP contribution in [0.4, 0.5) is 0 Å². The first kappa shape index (κ1) is 26.4. The van der Waals surface area contributed by atoms with Crippen LogP contribution < -0.4 is 0 Å². The van der Waals surface area contributed by atoms with Gasteiger partial charge in [0, 0.05) is 12.5 Å². The summed E-state index contributed by atoms with van der Waals surface area (Å²) in [5, 5.41) is 0. The Morgan fingerprint density at radius 3 is 2.28 bits per heavy atom. The van der Waals surface area contributed by atoms with Gasteiger partial charge < -0.3 is 9.47 Å². The molecule has 10 atom stereocenters. The lowest BCUT2D eigenvalue weighted by molar-refractivity contribution is -0.204. The normalized spacial score (nSPS) is 51.7. The van der Waals surface area contributed by atoms with Crippen molar-refractivity contribution in [2.45, 2.75) is 106 Å². The van der Waals surface area contributed by atoms with Gasteiger partial charge in [-0.15, -0.1) is 0 Å². The molecular formula is C32H50O4. The molecule has 0 bridgehead atoms. The van der Waals surface area contributed by atoms with Crippen LogP contribution in [0, 0.1) is 56.7 Å². The first-order valence-corrected chi connectivity index (χ1v) is 14.6. The van der Waals surface area contributed by atoms with E-state index in [2.05, 4.69) is 54.5 Å². The molecule has 5 rings (SSSR count). The van der Waals surface area contributed by atoms with Gasteiger partial charge in [0.25, 0.3) is 0 Å². The SMILES string of the molecule is COC(=O)[C@]12CC[C@@H](C)[C@H](C)[C@H]1C1=CC[C@@H]3[C@@]4(C)CC(OC)C(=O)C(C)(C)C4CC[C@@]3(C)[C@]1(C)CC2. The quantitative estimate of drug-likeness (QED) is 0.303. The van der Waals surface area contributed by atoms with Crippen LogP contribution >= 0.6 is 0 Å². The molecule has 0 saturated heterocycles. The summed E-state index contributed by atoms with van der Waals surface area (Å²) >= 11 is 0. The first-order chi connectivity index (χ1) is 16.7. The van der Waals surface area contributed by atoms with E-state index in [1.807, 2.05) is 0 Å². The number of hydrogen-bond donors (Lipinski definition) is 0. The fourth-order valence-electron chi connectivity index (χ4n) is 11.2. The Kier molecular flexibility index (Phi) is 6.00. The number of fused-ring (bicyclic) bond motifs is 7. The highest BCUT2D eigenvalue weighted by Gasteiger charge is 2.70. The fraction of sp³-hybridized carbons (Fsp3) is 0.875. The van der Waals surface area contributed by atoms with Crippen molar-refractivity contribution in [3.8, 4) is 0 Å². The highest BCUT2D eigenvalue weighted by Crippen LogP contribution is 2.75. The third kappa shape index (κ3) is 3.03. The lowest BCUT2D eigenvalue weighted by atomic mass is 9.33. The number of ketones is 1. The molecule has 5 aliphatic rings. The summed E-state index contributed by atoms with van der Waals surface area (Å²) in [5.74, 6) is 2.55. The Morgan fingerprint density at radius 2 is 1.64 bits per heavy atom. The van der Waals surface area contributed by atoms with Crippen molar-refractivity contribution in [3.05, 3.63) is 11.6 Å². The number of methoxy groups -OCH3 is 2. The van der Waals surface area contributed by atoms with E-state index >= 15 is 0 Å². The van der Waals surface area contributed by atoms with Crippen molar-refractivity contribution in [3.63, 3.8) is 0 Å². The Balaban J connectivity index is 1.62. The van der Waals surface area contributed by atoms with Crippen LogP contribution in [0.3, 0.4) is 0 Å². The van der Waals surface area contributed by atoms with Gasteiger partial charge in [-0.1, -0.05) is 60.1 Å². The summed E-state index contributed by atoms with van der Waals surface area (Å²) in [5.41, 5.74) is 1.09. The van der Waals surface area contributed by atoms with Gasteiger partial charge in [-0.05, 0) is 97.2 Å². The van der Waals surface area contributed by atoms with Crippen LogP contribution in [0.25, 0.3) is 0 Å². The second-order valence-corrected chi connectivity index (χ2v) is 14.8. The van der Waals surface area contributed by atoms with Crippen LogP contribution in [0.15, 0.2) is 11.6 Å². The van der Waals surface area contributed by atoms with Gasteiger partial charge in [-0.3, -0.25) is 9.59 Å². The van der Waals surface area contributed by atoms with Crippen molar-refractivity contribution >= 4 is 11.8 Å². The highest BCUT2D eigenvalue weighted by atomic mass is 16.5. The molecule has 0 heterocycles. The minimum atomic E-state index is -0.364. The van der Waals surface area contributed by atoms with Gasteiger partial charge in [-0.2, -0.15) is 0 Å². The molecule has 0 amide bonds. The summed E-state index contributed by atoms with van der Waals surface area (Å²) in [6, 6.07) is 0. The Hall–Kier alpha value is -1.16. The molecule has 5 aliphatic carbocycles.